The zero-order chi connectivity index (χ0) is 41.8. The molecule has 2 aromatic heterocycles. The van der Waals surface area contributed by atoms with E-state index in [4.69, 9.17) is 9.72 Å². The molecule has 8 aromatic rings. The summed E-state index contributed by atoms with van der Waals surface area (Å²) in [7, 11) is 0. The Hall–Kier alpha value is -6.59. The van der Waals surface area contributed by atoms with Crippen molar-refractivity contribution in [1.29, 1.82) is 0 Å². The Morgan fingerprint density at radius 1 is 0.500 bits per heavy atom. The maximum absolute atomic E-state index is 6.77. The van der Waals surface area contributed by atoms with Crippen molar-refractivity contribution in [3.05, 3.63) is 193 Å². The van der Waals surface area contributed by atoms with Gasteiger partial charge in [-0.25, -0.2) is 4.98 Å². The van der Waals surface area contributed by atoms with Crippen molar-refractivity contribution < 1.29 is 4.74 Å². The predicted molar refractivity (Wildman–Crippen MR) is 252 cm³/mol. The van der Waals surface area contributed by atoms with Crippen LogP contribution in [-0.4, -0.2) is 16.2 Å². The van der Waals surface area contributed by atoms with Crippen LogP contribution in [0.5, 0.6) is 11.5 Å². The molecule has 9 rings (SSSR count). The lowest BCUT2D eigenvalue weighted by Crippen LogP contribution is -2.30. The van der Waals surface area contributed by atoms with Crippen LogP contribution in [-0.2, 0) is 10.8 Å². The van der Waals surface area contributed by atoms with Gasteiger partial charge in [-0.15, -0.1) is 0 Å². The Balaban J connectivity index is 1.06. The predicted octanol–water partition coefficient (Wildman–Crippen LogP) is 14.4. The van der Waals surface area contributed by atoms with Gasteiger partial charge in [-0.05, 0) is 87.8 Å². The van der Waals surface area contributed by atoms with Crippen molar-refractivity contribution in [1.82, 2.24) is 9.55 Å². The van der Waals surface area contributed by atoms with E-state index in [0.29, 0.717) is 6.67 Å². The van der Waals surface area contributed by atoms with Crippen LogP contribution in [0.3, 0.4) is 0 Å². The summed E-state index contributed by atoms with van der Waals surface area (Å²) in [6.45, 7) is 19.0. The zero-order valence-corrected chi connectivity index (χ0v) is 36.1. The molecule has 0 spiro atoms. The third-order valence-corrected chi connectivity index (χ3v) is 12.1. The Bertz CT molecular complexity index is 2870. The fourth-order valence-corrected chi connectivity index (χ4v) is 8.53. The number of ether oxygens (including phenoxy) is 1. The number of hydrogen-bond donors (Lipinski definition) is 0. The van der Waals surface area contributed by atoms with Crippen LogP contribution in [0.4, 0.5) is 11.4 Å². The molecule has 0 saturated heterocycles. The summed E-state index contributed by atoms with van der Waals surface area (Å²) in [5.41, 5.74) is 11.6. The monoisotopic (exact) mass is 786 g/mol. The summed E-state index contributed by atoms with van der Waals surface area (Å²) in [4.78, 5) is 9.78. The molecule has 0 saturated carbocycles. The number of allylic oxidation sites excluding steroid dienone is 1. The molecule has 1 aliphatic heterocycles. The van der Waals surface area contributed by atoms with Crippen molar-refractivity contribution in [2.45, 2.75) is 66.2 Å². The van der Waals surface area contributed by atoms with Gasteiger partial charge < -0.3 is 14.5 Å². The Morgan fingerprint density at radius 2 is 1.20 bits per heavy atom. The summed E-state index contributed by atoms with van der Waals surface area (Å²) in [6.07, 6.45) is 4.27. The molecule has 6 aromatic carbocycles. The van der Waals surface area contributed by atoms with Crippen LogP contribution >= 0.6 is 0 Å². The quantitative estimate of drug-likeness (QED) is 0.154. The van der Waals surface area contributed by atoms with E-state index in [1.54, 1.807) is 0 Å². The van der Waals surface area contributed by atoms with Gasteiger partial charge in [0, 0.05) is 63.2 Å². The molecule has 0 aliphatic carbocycles. The molecule has 0 bridgehead atoms. The SMILES string of the molecule is CC(C)(C)C1=CN(c2cc(-c3ccccc3)cc(C(C)(C)C)c2)CN1c1cccc(Oc2ccc3c4ccccc4n(-c4cc(C(C)(C)c5ccccc5)ccn4)c3c2)c1. The van der Waals surface area contributed by atoms with Gasteiger partial charge in [-0.2, -0.15) is 0 Å². The summed E-state index contributed by atoms with van der Waals surface area (Å²) in [5.74, 6) is 2.43. The van der Waals surface area contributed by atoms with Gasteiger partial charge >= 0.3 is 0 Å². The molecule has 0 fully saturated rings. The Kier molecular flexibility index (Phi) is 9.66. The number of aromatic nitrogens is 2. The van der Waals surface area contributed by atoms with E-state index in [1.807, 2.05) is 12.3 Å². The number of anilines is 2. The van der Waals surface area contributed by atoms with Gasteiger partial charge in [0.1, 0.15) is 17.3 Å². The lowest BCUT2D eigenvalue weighted by Gasteiger charge is -2.31. The number of nitrogens with zero attached hydrogens (tertiary/aromatic N) is 4. The Morgan fingerprint density at radius 3 is 1.95 bits per heavy atom. The molecule has 60 heavy (non-hydrogen) atoms. The van der Waals surface area contributed by atoms with Gasteiger partial charge in [0.05, 0.1) is 17.7 Å². The first kappa shape index (κ1) is 38.9. The highest BCUT2D eigenvalue weighted by molar-refractivity contribution is 6.09. The fourth-order valence-electron chi connectivity index (χ4n) is 8.53. The van der Waals surface area contributed by atoms with Crippen molar-refractivity contribution in [2.24, 2.45) is 5.41 Å². The van der Waals surface area contributed by atoms with Crippen LogP contribution in [0.25, 0.3) is 38.8 Å². The Labute approximate surface area is 355 Å². The first-order valence-electron chi connectivity index (χ1n) is 21.1. The number of benzene rings is 6. The van der Waals surface area contributed by atoms with E-state index < -0.39 is 0 Å². The minimum absolute atomic E-state index is 0.00158. The van der Waals surface area contributed by atoms with Crippen molar-refractivity contribution in [3.63, 3.8) is 0 Å². The van der Waals surface area contributed by atoms with E-state index in [9.17, 15) is 0 Å². The summed E-state index contributed by atoms with van der Waals surface area (Å²) in [5, 5.41) is 2.34. The molecule has 5 heteroatoms. The average Bonchev–Trinajstić information content (AvgIpc) is 3.85. The second kappa shape index (κ2) is 14.9. The van der Waals surface area contributed by atoms with Crippen LogP contribution in [0.15, 0.2) is 176 Å². The number of para-hydroxylation sites is 1. The van der Waals surface area contributed by atoms with Crippen LogP contribution in [0, 0.1) is 5.41 Å². The summed E-state index contributed by atoms with van der Waals surface area (Å²) in [6, 6.07) is 56.3. The smallest absolute Gasteiger partial charge is 0.137 e. The molecule has 0 N–H and O–H groups in total. The topological polar surface area (TPSA) is 33.5 Å². The molecule has 0 atom stereocenters. The molecular formula is C55H54N4O. The van der Waals surface area contributed by atoms with Crippen LogP contribution < -0.4 is 14.5 Å². The summed E-state index contributed by atoms with van der Waals surface area (Å²) >= 11 is 0. The van der Waals surface area contributed by atoms with Gasteiger partial charge in [-0.3, -0.25) is 4.57 Å². The van der Waals surface area contributed by atoms with Crippen LogP contribution in [0.2, 0.25) is 0 Å². The van der Waals surface area contributed by atoms with E-state index >= 15 is 0 Å². The van der Waals surface area contributed by atoms with E-state index in [-0.39, 0.29) is 16.2 Å². The van der Waals surface area contributed by atoms with Crippen molar-refractivity contribution in [3.8, 4) is 28.4 Å². The highest BCUT2D eigenvalue weighted by Gasteiger charge is 2.32. The molecule has 0 radical (unpaired) electrons. The van der Waals surface area contributed by atoms with Gasteiger partial charge in [0.2, 0.25) is 0 Å². The van der Waals surface area contributed by atoms with Gasteiger partial charge in [0.15, 0.2) is 0 Å². The van der Waals surface area contributed by atoms with Crippen LogP contribution in [0.1, 0.15) is 72.1 Å². The summed E-state index contributed by atoms with van der Waals surface area (Å²) < 4.78 is 9.04. The van der Waals surface area contributed by atoms with Crippen molar-refractivity contribution >= 4 is 33.2 Å². The molecule has 0 unspecified atom stereocenters. The van der Waals surface area contributed by atoms with Gasteiger partial charge in [0.25, 0.3) is 0 Å². The second-order valence-electron chi connectivity index (χ2n) is 18.7. The highest BCUT2D eigenvalue weighted by Crippen LogP contribution is 2.42. The lowest BCUT2D eigenvalue weighted by atomic mass is 9.78. The molecule has 1 aliphatic rings. The van der Waals surface area contributed by atoms with E-state index in [2.05, 4.69) is 228 Å². The number of pyridine rings is 1. The maximum atomic E-state index is 6.77. The first-order valence-corrected chi connectivity index (χ1v) is 21.1. The molecule has 5 nitrogen and oxygen atoms in total. The lowest BCUT2D eigenvalue weighted by molar-refractivity contribution is 0.481. The number of hydrogen-bond acceptors (Lipinski definition) is 4. The van der Waals surface area contributed by atoms with Crippen molar-refractivity contribution in [2.75, 3.05) is 16.5 Å². The highest BCUT2D eigenvalue weighted by atomic mass is 16.5. The third-order valence-electron chi connectivity index (χ3n) is 12.1. The molecule has 300 valence electrons. The molecular weight excluding hydrogens is 733 g/mol. The third kappa shape index (κ3) is 7.34. The standard InChI is InChI=1S/C55H54N4O/c1-53(2,3)42-30-39(38-18-11-9-12-19-38)31-44(32-42)57-36-51(54(4,5)6)58(37-57)43-22-17-23-45(34-43)60-46-26-27-48-47-24-15-16-25-49(47)59(50(48)35-46)52-33-41(28-29-56-52)55(7,8)40-20-13-10-14-21-40/h9-36H,37H2,1-8H3. The normalized spacial score (nSPS) is 13.6. The number of rotatable bonds is 8. The van der Waals surface area contributed by atoms with E-state index in [0.717, 1.165) is 39.4 Å². The first-order chi connectivity index (χ1) is 28.7. The molecule has 0 amide bonds. The minimum Gasteiger partial charge on any atom is -0.457 e. The largest absolute Gasteiger partial charge is 0.457 e. The average molecular weight is 787 g/mol. The fraction of sp³-hybridized carbons (Fsp3) is 0.218. The maximum Gasteiger partial charge on any atom is 0.137 e. The zero-order valence-electron chi connectivity index (χ0n) is 36.1. The second-order valence-corrected chi connectivity index (χ2v) is 18.7. The molecule has 3 heterocycles. The number of fused-ring (bicyclic) bond motifs is 3. The minimum atomic E-state index is -0.201. The van der Waals surface area contributed by atoms with E-state index in [1.165, 1.54) is 44.6 Å². The van der Waals surface area contributed by atoms with Gasteiger partial charge in [-0.1, -0.05) is 146 Å².